The number of carbonyl (C=O) groups is 1. The van der Waals surface area contributed by atoms with E-state index in [-0.39, 0.29) is 23.0 Å². The predicted molar refractivity (Wildman–Crippen MR) is 74.9 cm³/mol. The number of piperidine rings is 1. The van der Waals surface area contributed by atoms with E-state index in [1.54, 1.807) is 6.92 Å². The normalized spacial score (nSPS) is 16.6. The van der Waals surface area contributed by atoms with Crippen LogP contribution in [0.1, 0.15) is 26.2 Å². The molecule has 0 aliphatic carbocycles. The number of ether oxygens (including phenoxy) is 1. The number of hydrogen-bond donors (Lipinski definition) is 2. The van der Waals surface area contributed by atoms with Gasteiger partial charge in [-0.05, 0) is 26.2 Å². The number of aromatic nitrogens is 2. The van der Waals surface area contributed by atoms with Gasteiger partial charge in [-0.2, -0.15) is 0 Å². The van der Waals surface area contributed by atoms with E-state index < -0.39 is 6.04 Å². The van der Waals surface area contributed by atoms with E-state index in [4.69, 9.17) is 4.74 Å². The molecule has 1 amide bonds. The number of methoxy groups -OCH3 is 1. The SMILES string of the molecule is COc1c(NC(C)C(=O)N2CCCCC2)nc[nH]c1=O. The molecule has 20 heavy (non-hydrogen) atoms. The van der Waals surface area contributed by atoms with Crippen molar-refractivity contribution in [2.75, 3.05) is 25.5 Å². The van der Waals surface area contributed by atoms with Gasteiger partial charge in [0, 0.05) is 13.1 Å². The summed E-state index contributed by atoms with van der Waals surface area (Å²) in [6, 6.07) is -0.448. The smallest absolute Gasteiger partial charge is 0.295 e. The van der Waals surface area contributed by atoms with Crippen LogP contribution in [0, 0.1) is 0 Å². The Bertz CT molecular complexity index is 523. The summed E-state index contributed by atoms with van der Waals surface area (Å²) in [5, 5.41) is 2.95. The fourth-order valence-electron chi connectivity index (χ4n) is 2.33. The Morgan fingerprint density at radius 2 is 2.15 bits per heavy atom. The molecule has 1 fully saturated rings. The molecule has 7 heteroatoms. The fourth-order valence-corrected chi connectivity index (χ4v) is 2.33. The topological polar surface area (TPSA) is 87.3 Å². The minimum absolute atomic E-state index is 0.0221. The van der Waals surface area contributed by atoms with Crippen LogP contribution < -0.4 is 15.6 Å². The maximum Gasteiger partial charge on any atom is 0.295 e. The molecule has 0 bridgehead atoms. The summed E-state index contributed by atoms with van der Waals surface area (Å²) in [7, 11) is 1.40. The van der Waals surface area contributed by atoms with Gasteiger partial charge in [0.15, 0.2) is 5.82 Å². The zero-order valence-corrected chi connectivity index (χ0v) is 11.8. The van der Waals surface area contributed by atoms with Crippen molar-refractivity contribution in [1.29, 1.82) is 0 Å². The van der Waals surface area contributed by atoms with E-state index in [0.717, 1.165) is 25.9 Å². The van der Waals surface area contributed by atoms with Gasteiger partial charge < -0.3 is 19.9 Å². The molecule has 1 saturated heterocycles. The van der Waals surface area contributed by atoms with Crippen molar-refractivity contribution in [1.82, 2.24) is 14.9 Å². The Balaban J connectivity index is 2.07. The first kappa shape index (κ1) is 14.4. The van der Waals surface area contributed by atoms with Crippen LogP contribution >= 0.6 is 0 Å². The maximum atomic E-state index is 12.3. The Kier molecular flexibility index (Phi) is 4.60. The summed E-state index contributed by atoms with van der Waals surface area (Å²) in [6.45, 7) is 3.36. The summed E-state index contributed by atoms with van der Waals surface area (Å²) in [6.07, 6.45) is 4.55. The molecule has 1 aliphatic heterocycles. The van der Waals surface area contributed by atoms with Crippen molar-refractivity contribution < 1.29 is 9.53 Å². The number of H-pyrrole nitrogens is 1. The Hall–Kier alpha value is -2.05. The molecule has 0 radical (unpaired) electrons. The first-order valence-electron chi connectivity index (χ1n) is 6.80. The van der Waals surface area contributed by atoms with Crippen molar-refractivity contribution >= 4 is 11.7 Å². The maximum absolute atomic E-state index is 12.3. The third-order valence-electron chi connectivity index (χ3n) is 3.41. The first-order valence-corrected chi connectivity index (χ1v) is 6.80. The van der Waals surface area contributed by atoms with Crippen LogP contribution in [0.25, 0.3) is 0 Å². The monoisotopic (exact) mass is 280 g/mol. The molecule has 0 saturated carbocycles. The number of rotatable bonds is 4. The molecule has 1 aromatic heterocycles. The van der Waals surface area contributed by atoms with Crippen LogP contribution in [-0.2, 0) is 4.79 Å². The van der Waals surface area contributed by atoms with Gasteiger partial charge >= 0.3 is 0 Å². The number of anilines is 1. The zero-order chi connectivity index (χ0) is 14.5. The molecule has 2 heterocycles. The highest BCUT2D eigenvalue weighted by atomic mass is 16.5. The number of amides is 1. The van der Waals surface area contributed by atoms with Gasteiger partial charge in [0.25, 0.3) is 5.56 Å². The number of carbonyl (C=O) groups excluding carboxylic acids is 1. The van der Waals surface area contributed by atoms with Crippen molar-refractivity contribution in [3.8, 4) is 5.75 Å². The van der Waals surface area contributed by atoms with Gasteiger partial charge in [0.1, 0.15) is 6.04 Å². The number of hydrogen-bond acceptors (Lipinski definition) is 5. The van der Waals surface area contributed by atoms with Gasteiger partial charge in [-0.3, -0.25) is 9.59 Å². The Labute approximate surface area is 117 Å². The van der Waals surface area contributed by atoms with Crippen LogP contribution in [0.5, 0.6) is 5.75 Å². The minimum Gasteiger partial charge on any atom is -0.489 e. The number of likely N-dealkylation sites (tertiary alicyclic amines) is 1. The lowest BCUT2D eigenvalue weighted by molar-refractivity contribution is -0.132. The van der Waals surface area contributed by atoms with Crippen molar-refractivity contribution in [3.63, 3.8) is 0 Å². The third kappa shape index (κ3) is 3.09. The number of nitrogens with zero attached hydrogens (tertiary/aromatic N) is 2. The van der Waals surface area contributed by atoms with Crippen LogP contribution in [-0.4, -0.2) is 47.0 Å². The lowest BCUT2D eigenvalue weighted by atomic mass is 10.1. The second-order valence-corrected chi connectivity index (χ2v) is 4.87. The molecule has 0 spiro atoms. The predicted octanol–water partition coefficient (Wildman–Crippen LogP) is 0.591. The zero-order valence-electron chi connectivity index (χ0n) is 11.8. The van der Waals surface area contributed by atoms with Crippen molar-refractivity contribution in [2.45, 2.75) is 32.2 Å². The number of nitrogens with one attached hydrogen (secondary N) is 2. The average molecular weight is 280 g/mol. The molecular weight excluding hydrogens is 260 g/mol. The van der Waals surface area contributed by atoms with Crippen LogP contribution in [0.4, 0.5) is 5.82 Å². The van der Waals surface area contributed by atoms with Crippen molar-refractivity contribution in [3.05, 3.63) is 16.7 Å². The highest BCUT2D eigenvalue weighted by molar-refractivity contribution is 5.84. The van der Waals surface area contributed by atoms with Crippen LogP contribution in [0.15, 0.2) is 11.1 Å². The van der Waals surface area contributed by atoms with Gasteiger partial charge in [-0.15, -0.1) is 0 Å². The third-order valence-corrected chi connectivity index (χ3v) is 3.41. The molecule has 2 N–H and O–H groups in total. The van der Waals surface area contributed by atoms with E-state index in [2.05, 4.69) is 15.3 Å². The minimum atomic E-state index is -0.448. The lowest BCUT2D eigenvalue weighted by Crippen LogP contribution is -2.44. The highest BCUT2D eigenvalue weighted by Crippen LogP contribution is 2.17. The molecular formula is C13H20N4O3. The number of aromatic amines is 1. The van der Waals surface area contributed by atoms with Gasteiger partial charge in [0.05, 0.1) is 13.4 Å². The van der Waals surface area contributed by atoms with E-state index >= 15 is 0 Å². The second kappa shape index (κ2) is 6.40. The van der Waals surface area contributed by atoms with Gasteiger partial charge in [0.2, 0.25) is 11.7 Å². The lowest BCUT2D eigenvalue weighted by Gasteiger charge is -2.29. The standard InChI is InChI=1S/C13H20N4O3/c1-9(13(19)17-6-4-3-5-7-17)16-11-10(20-2)12(18)15-8-14-11/h8-9H,3-7H2,1-2H3,(H2,14,15,16,18). The van der Waals surface area contributed by atoms with Crippen LogP contribution in [0.2, 0.25) is 0 Å². The van der Waals surface area contributed by atoms with E-state index in [1.807, 2.05) is 4.90 Å². The molecule has 110 valence electrons. The van der Waals surface area contributed by atoms with Gasteiger partial charge in [-0.25, -0.2) is 4.98 Å². The fraction of sp³-hybridized carbons (Fsp3) is 0.615. The summed E-state index contributed by atoms with van der Waals surface area (Å²) < 4.78 is 5.01. The summed E-state index contributed by atoms with van der Waals surface area (Å²) >= 11 is 0. The molecule has 1 aromatic rings. The average Bonchev–Trinajstić information content (AvgIpc) is 2.47. The molecule has 1 aliphatic rings. The molecule has 2 rings (SSSR count). The van der Waals surface area contributed by atoms with Crippen LogP contribution in [0.3, 0.4) is 0 Å². The van der Waals surface area contributed by atoms with E-state index in [0.29, 0.717) is 0 Å². The first-order chi connectivity index (χ1) is 9.63. The molecule has 1 atom stereocenters. The van der Waals surface area contributed by atoms with Gasteiger partial charge in [-0.1, -0.05) is 0 Å². The van der Waals surface area contributed by atoms with Crippen molar-refractivity contribution in [2.24, 2.45) is 0 Å². The molecule has 7 nitrogen and oxygen atoms in total. The second-order valence-electron chi connectivity index (χ2n) is 4.87. The highest BCUT2D eigenvalue weighted by Gasteiger charge is 2.23. The molecule has 0 aromatic carbocycles. The largest absolute Gasteiger partial charge is 0.489 e. The quantitative estimate of drug-likeness (QED) is 0.843. The Morgan fingerprint density at radius 1 is 1.45 bits per heavy atom. The summed E-state index contributed by atoms with van der Waals surface area (Å²) in [4.78, 5) is 32.2. The summed E-state index contributed by atoms with van der Waals surface area (Å²) in [5.74, 6) is 0.397. The van der Waals surface area contributed by atoms with E-state index in [1.165, 1.54) is 19.9 Å². The molecule has 1 unspecified atom stereocenters. The summed E-state index contributed by atoms with van der Waals surface area (Å²) in [5.41, 5.74) is -0.373. The Morgan fingerprint density at radius 3 is 2.80 bits per heavy atom. The van der Waals surface area contributed by atoms with E-state index in [9.17, 15) is 9.59 Å².